The van der Waals surface area contributed by atoms with Gasteiger partial charge in [0.2, 0.25) is 0 Å². The van der Waals surface area contributed by atoms with Crippen LogP contribution in [-0.4, -0.2) is 36.0 Å². The van der Waals surface area contributed by atoms with E-state index in [-0.39, 0.29) is 4.09 Å². The molecule has 0 saturated heterocycles. The maximum atomic E-state index is 12.2. The first-order valence-corrected chi connectivity index (χ1v) is 5.60. The summed E-state index contributed by atoms with van der Waals surface area (Å²) in [5.74, 6) is 0. The van der Waals surface area contributed by atoms with Crippen LogP contribution in [0.4, 0.5) is 13.2 Å². The molecule has 0 aromatic carbocycles. The molecule has 0 atom stereocenters. The first-order chi connectivity index (χ1) is 7.06. The molecule has 5 nitrogen and oxygen atoms in total. The van der Waals surface area contributed by atoms with Crippen LogP contribution in [0.3, 0.4) is 0 Å². The lowest BCUT2D eigenvalue weighted by Gasteiger charge is -2.11. The number of hydrogen-bond donors (Lipinski definition) is 0. The van der Waals surface area contributed by atoms with Gasteiger partial charge in [0, 0.05) is 20.2 Å². The van der Waals surface area contributed by atoms with Crippen LogP contribution < -0.4 is 0 Å². The Morgan fingerprint density at radius 3 is 2.25 bits per heavy atom. The van der Waals surface area contributed by atoms with Crippen LogP contribution in [0, 0.1) is 0 Å². The molecule has 0 spiro atoms. The monoisotopic (exact) mass is 277 g/mol. The van der Waals surface area contributed by atoms with Crippen LogP contribution >= 0.6 is 11.6 Å². The van der Waals surface area contributed by atoms with Crippen molar-refractivity contribution in [3.05, 3.63) is 16.9 Å². The summed E-state index contributed by atoms with van der Waals surface area (Å²) >= 11 is 5.37. The maximum absolute atomic E-state index is 12.2. The summed E-state index contributed by atoms with van der Waals surface area (Å²) in [7, 11) is -1.83. The predicted molar refractivity (Wildman–Crippen MR) is 50.2 cm³/mol. The molecule has 0 saturated carbocycles. The minimum absolute atomic E-state index is 0.122. The van der Waals surface area contributed by atoms with Crippen molar-refractivity contribution in [3.63, 3.8) is 0 Å². The second kappa shape index (κ2) is 3.90. The zero-order valence-corrected chi connectivity index (χ0v) is 9.73. The van der Waals surface area contributed by atoms with E-state index in [1.54, 1.807) is 0 Å². The molecule has 0 amide bonds. The first-order valence-electron chi connectivity index (χ1n) is 3.82. The normalized spacial score (nSPS) is 13.4. The Hall–Kier alpha value is -0.800. The van der Waals surface area contributed by atoms with E-state index in [4.69, 9.17) is 11.6 Å². The minimum Gasteiger partial charge on any atom is -0.189 e. The van der Waals surface area contributed by atoms with Gasteiger partial charge in [-0.25, -0.2) is 0 Å². The second-order valence-electron chi connectivity index (χ2n) is 2.98. The topological polar surface area (TPSA) is 55.2 Å². The minimum atomic E-state index is -4.74. The molecular weight excluding hydrogens is 271 g/mol. The molecule has 1 aromatic heterocycles. The molecule has 1 heterocycles. The average molecular weight is 278 g/mol. The second-order valence-corrected chi connectivity index (χ2v) is 5.34. The highest BCUT2D eigenvalue weighted by atomic mass is 35.5. The highest BCUT2D eigenvalue weighted by Gasteiger charge is 2.36. The Morgan fingerprint density at radius 2 is 1.94 bits per heavy atom. The number of rotatable bonds is 2. The lowest BCUT2D eigenvalue weighted by Crippen LogP contribution is -2.30. The molecule has 0 bridgehead atoms. The molecular formula is C6H7ClF3N3O2S. The van der Waals surface area contributed by atoms with Crippen LogP contribution in [0.1, 0.15) is 5.69 Å². The highest BCUT2D eigenvalue weighted by molar-refractivity contribution is 7.87. The fourth-order valence-corrected chi connectivity index (χ4v) is 1.97. The molecule has 16 heavy (non-hydrogen) atoms. The largest absolute Gasteiger partial charge is 0.435 e. The van der Waals surface area contributed by atoms with Crippen molar-refractivity contribution in [3.8, 4) is 0 Å². The van der Waals surface area contributed by atoms with Gasteiger partial charge in [-0.3, -0.25) is 0 Å². The van der Waals surface area contributed by atoms with Gasteiger partial charge in [0.25, 0.3) is 0 Å². The van der Waals surface area contributed by atoms with Gasteiger partial charge in [-0.15, -0.1) is 4.09 Å². The zero-order valence-electron chi connectivity index (χ0n) is 8.16. The van der Waals surface area contributed by atoms with E-state index in [1.165, 1.54) is 0 Å². The number of halogens is 4. The number of nitrogens with zero attached hydrogens (tertiary/aromatic N) is 3. The Labute approximate surface area is 94.6 Å². The summed E-state index contributed by atoms with van der Waals surface area (Å²) < 4.78 is 60.4. The summed E-state index contributed by atoms with van der Waals surface area (Å²) in [6, 6.07) is 0.447. The van der Waals surface area contributed by atoms with Crippen LogP contribution in [0.25, 0.3) is 0 Å². The fourth-order valence-electron chi connectivity index (χ4n) is 0.798. The molecule has 1 rings (SSSR count). The van der Waals surface area contributed by atoms with Crippen molar-refractivity contribution in [1.82, 2.24) is 13.5 Å². The van der Waals surface area contributed by atoms with Gasteiger partial charge < -0.3 is 0 Å². The summed E-state index contributed by atoms with van der Waals surface area (Å²) in [6.07, 6.45) is -4.74. The van der Waals surface area contributed by atoms with E-state index in [9.17, 15) is 21.6 Å². The molecule has 92 valence electrons. The summed E-state index contributed by atoms with van der Waals surface area (Å²) in [4.78, 5) is 0. The van der Waals surface area contributed by atoms with E-state index < -0.39 is 27.2 Å². The van der Waals surface area contributed by atoms with Crippen molar-refractivity contribution < 1.29 is 21.6 Å². The maximum Gasteiger partial charge on any atom is 0.435 e. The molecule has 0 N–H and O–H groups in total. The van der Waals surface area contributed by atoms with Crippen LogP contribution in [-0.2, 0) is 16.4 Å². The van der Waals surface area contributed by atoms with E-state index in [0.717, 1.165) is 14.1 Å². The highest BCUT2D eigenvalue weighted by Crippen LogP contribution is 2.30. The quantitative estimate of drug-likeness (QED) is 0.816. The van der Waals surface area contributed by atoms with Crippen LogP contribution in [0.2, 0.25) is 5.15 Å². The fraction of sp³-hybridized carbons (Fsp3) is 0.500. The molecule has 0 unspecified atom stereocenters. The predicted octanol–water partition coefficient (Wildman–Crippen LogP) is 1.21. The lowest BCUT2D eigenvalue weighted by atomic mass is 10.4. The number of hydrogen-bond acceptors (Lipinski definition) is 3. The van der Waals surface area contributed by atoms with Crippen molar-refractivity contribution >= 4 is 21.8 Å². The van der Waals surface area contributed by atoms with Crippen molar-refractivity contribution in [2.75, 3.05) is 14.1 Å². The first kappa shape index (κ1) is 13.3. The van der Waals surface area contributed by atoms with Gasteiger partial charge >= 0.3 is 16.4 Å². The summed E-state index contributed by atoms with van der Waals surface area (Å²) in [5, 5.41) is 2.28. The van der Waals surface area contributed by atoms with Gasteiger partial charge in [-0.2, -0.15) is 31.0 Å². The standard InChI is InChI=1S/C6H7ClF3N3O2S/c1-12(2)16(14,15)13-5(7)3-4(11-13)6(8,9)10/h3H,1-2H3. The Bertz CT molecular complexity index is 494. The number of alkyl halides is 3. The zero-order chi connectivity index (χ0) is 12.7. The number of aromatic nitrogens is 2. The Balaban J connectivity index is 3.34. The van der Waals surface area contributed by atoms with Crippen molar-refractivity contribution in [1.29, 1.82) is 0 Å². The molecule has 0 fully saturated rings. The third-order valence-electron chi connectivity index (χ3n) is 1.61. The molecule has 0 aliphatic heterocycles. The van der Waals surface area contributed by atoms with Gasteiger partial charge in [0.05, 0.1) is 0 Å². The SMILES string of the molecule is CN(C)S(=O)(=O)n1nc(C(F)(F)F)cc1Cl. The van der Waals surface area contributed by atoms with E-state index in [1.807, 2.05) is 0 Å². The Morgan fingerprint density at radius 1 is 1.44 bits per heavy atom. The average Bonchev–Trinajstić information content (AvgIpc) is 2.46. The van der Waals surface area contributed by atoms with E-state index in [0.29, 0.717) is 10.4 Å². The smallest absolute Gasteiger partial charge is 0.189 e. The third-order valence-corrected chi connectivity index (χ3v) is 3.62. The van der Waals surface area contributed by atoms with Crippen molar-refractivity contribution in [2.45, 2.75) is 6.18 Å². The summed E-state index contributed by atoms with van der Waals surface area (Å²) in [6.45, 7) is 0. The lowest BCUT2D eigenvalue weighted by molar-refractivity contribution is -0.141. The van der Waals surface area contributed by atoms with Gasteiger partial charge in [0.15, 0.2) is 5.69 Å². The van der Waals surface area contributed by atoms with E-state index in [2.05, 4.69) is 5.10 Å². The molecule has 0 aliphatic carbocycles. The van der Waals surface area contributed by atoms with Gasteiger partial charge in [-0.1, -0.05) is 11.6 Å². The van der Waals surface area contributed by atoms with Gasteiger partial charge in [0.1, 0.15) is 5.15 Å². The summed E-state index contributed by atoms with van der Waals surface area (Å²) in [5.41, 5.74) is -1.36. The molecule has 1 aromatic rings. The molecule has 10 heteroatoms. The molecule has 0 aliphatic rings. The van der Waals surface area contributed by atoms with E-state index >= 15 is 0 Å². The Kier molecular flexibility index (Phi) is 3.23. The van der Waals surface area contributed by atoms with Crippen LogP contribution in [0.15, 0.2) is 6.07 Å². The van der Waals surface area contributed by atoms with Crippen molar-refractivity contribution in [2.24, 2.45) is 0 Å². The van der Waals surface area contributed by atoms with Gasteiger partial charge in [-0.05, 0) is 0 Å². The van der Waals surface area contributed by atoms with Crippen LogP contribution in [0.5, 0.6) is 0 Å². The molecule has 0 radical (unpaired) electrons. The third kappa shape index (κ3) is 2.30.